The summed E-state index contributed by atoms with van der Waals surface area (Å²) < 4.78 is 37.3. The molecular weight excluding hydrogens is 1100 g/mol. The predicted molar refractivity (Wildman–Crippen MR) is 308 cm³/mol. The number of ether oxygens (including phenoxy) is 6. The van der Waals surface area contributed by atoms with Gasteiger partial charge in [0.05, 0.1) is 49.6 Å². The zero-order valence-corrected chi connectivity index (χ0v) is 50.0. The number of allylic oxidation sites excluding steroid dienone is 8. The maximum absolute atomic E-state index is 14.7. The van der Waals surface area contributed by atoms with Gasteiger partial charge in [-0.2, -0.15) is 0 Å². The maximum Gasteiger partial charge on any atom is 0.326 e. The Bertz CT molecular complexity index is 2890. The Hall–Kier alpha value is -5.47. The molecule has 6 heterocycles. The van der Waals surface area contributed by atoms with Crippen molar-refractivity contribution in [1.82, 2.24) is 9.80 Å². The number of aliphatic hydroxyl groups excluding tert-OH is 10. The topological polar surface area (TPSA) is 336 Å². The number of carboxylic acid groups (broad SMARTS) is 1. The smallest absolute Gasteiger partial charge is 0.326 e. The number of hydrogen-bond acceptors (Lipinski definition) is 19. The normalized spacial score (nSPS) is 31.3. The highest BCUT2D eigenvalue weighted by atomic mass is 16.7. The Morgan fingerprint density at radius 1 is 0.612 bits per heavy atom. The van der Waals surface area contributed by atoms with Gasteiger partial charge in [-0.05, 0) is 132 Å². The van der Waals surface area contributed by atoms with Crippen LogP contribution in [-0.4, -0.2) is 194 Å². The molecule has 2 aromatic rings. The molecule has 22 heteroatoms. The molecule has 0 aromatic heterocycles. The summed E-state index contributed by atoms with van der Waals surface area (Å²) in [5.41, 5.74) is 4.02. The molecule has 6 aliphatic heterocycles. The van der Waals surface area contributed by atoms with Gasteiger partial charge >= 0.3 is 5.97 Å². The molecule has 22 nitrogen and oxygen atoms in total. The van der Waals surface area contributed by atoms with Gasteiger partial charge in [-0.25, -0.2) is 4.79 Å². The van der Waals surface area contributed by atoms with Gasteiger partial charge < -0.3 is 94.4 Å². The van der Waals surface area contributed by atoms with Crippen molar-refractivity contribution in [1.29, 1.82) is 0 Å². The van der Waals surface area contributed by atoms with Crippen molar-refractivity contribution >= 4 is 17.8 Å². The molecular formula is C63H88N2O20. The Labute approximate surface area is 496 Å². The van der Waals surface area contributed by atoms with Gasteiger partial charge in [-0.1, -0.05) is 46.6 Å². The summed E-state index contributed by atoms with van der Waals surface area (Å²) in [5.74, 6) is -2.17. The zero-order chi connectivity index (χ0) is 62.0. The van der Waals surface area contributed by atoms with Crippen molar-refractivity contribution in [2.45, 2.75) is 236 Å². The van der Waals surface area contributed by atoms with Crippen LogP contribution in [0.5, 0.6) is 23.0 Å². The van der Waals surface area contributed by atoms with Gasteiger partial charge in [-0.15, -0.1) is 0 Å². The number of amides is 2. The molecule has 8 rings (SSSR count). The second kappa shape index (κ2) is 27.3. The molecule has 6 aliphatic rings. The minimum atomic E-state index is -1.82. The first kappa shape index (κ1) is 65.5. The van der Waals surface area contributed by atoms with E-state index in [9.17, 15) is 70.6 Å². The largest absolute Gasteiger partial charge is 0.484 e. The van der Waals surface area contributed by atoms with E-state index < -0.39 is 122 Å². The number of carbonyl (C=O) groups excluding carboxylic acids is 2. The molecule has 15 atom stereocenters. The lowest BCUT2D eigenvalue weighted by molar-refractivity contribution is -0.277. The summed E-state index contributed by atoms with van der Waals surface area (Å²) in [7, 11) is 0. The molecule has 2 saturated heterocycles. The first-order valence-electron chi connectivity index (χ1n) is 29.7. The van der Waals surface area contributed by atoms with E-state index in [1.165, 1.54) is 38.7 Å². The number of carboxylic acids is 1. The van der Waals surface area contributed by atoms with Crippen molar-refractivity contribution < 1.29 is 99.0 Å². The fraction of sp³-hybridized carbons (Fsp3) is 0.635. The highest BCUT2D eigenvalue weighted by molar-refractivity contribution is 6.02. The van der Waals surface area contributed by atoms with Gasteiger partial charge in [0.1, 0.15) is 89.1 Å². The van der Waals surface area contributed by atoms with Gasteiger partial charge in [0.25, 0.3) is 11.8 Å². The SMILES string of the molecule is CC(C)=CCC/C(C)=C/CC[C@@]1(C)Oc2c(c(O[C@@H]3O[C@H](CO)[C@@H](O)[C@H](O)[C@H]3O)cc3c2CN(CCC[C@@H](C(=O)O)N2Cc4c(cc(O[C@@H]5O[C@H](CO)[C@@H](O)[C@H](O)[C@H]5O)c5c4O[C@](C)(CC/C=C(\C)CCC=C(C)C)[C@@H](O)C5)C2=O)C3=O)C[C@@H]1O. The second-order valence-corrected chi connectivity index (χ2v) is 24.8. The van der Waals surface area contributed by atoms with Crippen molar-refractivity contribution in [3.05, 3.63) is 92.1 Å². The summed E-state index contributed by atoms with van der Waals surface area (Å²) in [5, 5.41) is 119. The van der Waals surface area contributed by atoms with Crippen molar-refractivity contribution in [3.63, 3.8) is 0 Å². The number of fused-ring (bicyclic) bond motifs is 6. The molecule has 0 radical (unpaired) electrons. The van der Waals surface area contributed by atoms with E-state index in [-0.39, 0.29) is 85.0 Å². The number of nitrogens with zero attached hydrogens (tertiary/aromatic N) is 2. The average molecular weight is 1190 g/mol. The highest BCUT2D eigenvalue weighted by Gasteiger charge is 2.51. The fourth-order valence-electron chi connectivity index (χ4n) is 12.2. The van der Waals surface area contributed by atoms with Crippen LogP contribution < -0.4 is 18.9 Å². The van der Waals surface area contributed by atoms with Gasteiger partial charge in [0.15, 0.2) is 0 Å². The molecule has 0 spiro atoms. The van der Waals surface area contributed by atoms with Crippen LogP contribution in [0, 0.1) is 0 Å². The van der Waals surface area contributed by atoms with Crippen LogP contribution >= 0.6 is 0 Å². The highest BCUT2D eigenvalue weighted by Crippen LogP contribution is 2.50. The lowest BCUT2D eigenvalue weighted by atomic mass is 9.84. The Morgan fingerprint density at radius 3 is 1.47 bits per heavy atom. The first-order valence-corrected chi connectivity index (χ1v) is 29.7. The number of rotatable bonds is 24. The van der Waals surface area contributed by atoms with E-state index in [2.05, 4.69) is 24.3 Å². The van der Waals surface area contributed by atoms with Crippen molar-refractivity contribution in [2.75, 3.05) is 19.8 Å². The van der Waals surface area contributed by atoms with E-state index in [4.69, 9.17) is 28.4 Å². The number of aliphatic carboxylic acids is 1. The van der Waals surface area contributed by atoms with E-state index in [1.807, 2.05) is 41.5 Å². The van der Waals surface area contributed by atoms with Gasteiger partial charge in [0.2, 0.25) is 12.6 Å². The number of hydrogen-bond donors (Lipinski definition) is 11. The van der Waals surface area contributed by atoms with E-state index >= 15 is 0 Å². The third kappa shape index (κ3) is 14.1. The molecule has 470 valence electrons. The Morgan fingerprint density at radius 2 is 1.05 bits per heavy atom. The third-order valence-corrected chi connectivity index (χ3v) is 17.7. The van der Waals surface area contributed by atoms with Gasteiger partial charge in [-0.3, -0.25) is 9.59 Å². The van der Waals surface area contributed by atoms with Crippen LogP contribution in [0.15, 0.2) is 58.7 Å². The fourth-order valence-corrected chi connectivity index (χ4v) is 12.2. The molecule has 0 aliphatic carbocycles. The standard InChI is InChI=1S/C63H88N2O20/c1-32(2)14-9-16-34(5)18-11-21-62(7)47(68)26-38-43(80-60-53(74)51(72)49(70)45(30-66)82-60)24-36-40(55(38)84-62)28-64(57(36)76)23-13-20-42(59(78)79)65-29-41-37(58(65)77)25-44(81-61-54(75)52(73)50(71)46(31-67)83-61)39-27-48(69)63(8,85-56(39)41)22-12-19-35(6)17-10-15-33(3)4/h14-15,18-19,24-25,42,45-54,60-61,66-75H,9-13,16-17,20-23,26-31H2,1-8H3,(H,78,79)/b34-18+,35-19+/t42-,45+,46+,47-,48-,49+,50+,51-,52-,53+,54+,60+,61+,62+,63+/m0/s1. The van der Waals surface area contributed by atoms with Gasteiger partial charge in [0, 0.05) is 41.6 Å². The Kier molecular flexibility index (Phi) is 21.0. The van der Waals surface area contributed by atoms with E-state index in [0.29, 0.717) is 42.4 Å². The average Bonchev–Trinajstić information content (AvgIpc) is 1.86. The molecule has 11 N–H and O–H groups in total. The van der Waals surface area contributed by atoms with Crippen LogP contribution in [0.3, 0.4) is 0 Å². The zero-order valence-electron chi connectivity index (χ0n) is 50.0. The van der Waals surface area contributed by atoms with Crippen molar-refractivity contribution in [3.8, 4) is 23.0 Å². The summed E-state index contributed by atoms with van der Waals surface area (Å²) in [6.07, 6.45) is -4.94. The van der Waals surface area contributed by atoms with Crippen LogP contribution in [0.1, 0.15) is 163 Å². The summed E-state index contributed by atoms with van der Waals surface area (Å²) in [6, 6.07) is 1.34. The molecule has 2 fully saturated rings. The van der Waals surface area contributed by atoms with Crippen LogP contribution in [0.4, 0.5) is 0 Å². The molecule has 2 aromatic carbocycles. The quantitative estimate of drug-likeness (QED) is 0.0663. The van der Waals surface area contributed by atoms with Crippen LogP contribution in [-0.2, 0) is 40.2 Å². The number of benzene rings is 2. The Balaban J connectivity index is 1.04. The van der Waals surface area contributed by atoms with Crippen LogP contribution in [0.2, 0.25) is 0 Å². The summed E-state index contributed by atoms with van der Waals surface area (Å²) in [4.78, 5) is 45.3. The molecule has 0 bridgehead atoms. The predicted octanol–water partition coefficient (Wildman–Crippen LogP) is 3.94. The third-order valence-electron chi connectivity index (χ3n) is 17.7. The molecule has 2 amide bonds. The van der Waals surface area contributed by atoms with E-state index in [1.54, 1.807) is 13.8 Å². The molecule has 85 heavy (non-hydrogen) atoms. The molecule has 0 unspecified atom stereocenters. The first-order chi connectivity index (χ1) is 40.2. The monoisotopic (exact) mass is 1190 g/mol. The second-order valence-electron chi connectivity index (χ2n) is 24.8. The lowest BCUT2D eigenvalue weighted by Crippen LogP contribution is -2.60. The minimum Gasteiger partial charge on any atom is -0.484 e. The number of aliphatic hydroxyl groups is 10. The summed E-state index contributed by atoms with van der Waals surface area (Å²) in [6.45, 7) is 14.1. The minimum absolute atomic E-state index is 0.00871. The van der Waals surface area contributed by atoms with Crippen molar-refractivity contribution in [2.24, 2.45) is 0 Å². The van der Waals surface area contributed by atoms with Crippen LogP contribution in [0.25, 0.3) is 0 Å². The maximum atomic E-state index is 14.7. The molecule has 0 saturated carbocycles. The number of carbonyl (C=O) groups is 3. The lowest BCUT2D eigenvalue weighted by Gasteiger charge is -2.42. The van der Waals surface area contributed by atoms with E-state index in [0.717, 1.165) is 31.3 Å². The summed E-state index contributed by atoms with van der Waals surface area (Å²) >= 11 is 0.